The summed E-state index contributed by atoms with van der Waals surface area (Å²) in [7, 11) is 0. The Kier molecular flexibility index (Phi) is 2.47. The maximum absolute atomic E-state index is 11.7. The molecule has 0 unspecified atom stereocenters. The molecule has 0 aliphatic rings. The summed E-state index contributed by atoms with van der Waals surface area (Å²) in [4.78, 5) is 22.2. The lowest BCUT2D eigenvalue weighted by atomic mass is 10.2. The predicted octanol–water partition coefficient (Wildman–Crippen LogP) is 0.508. The number of aromatic amines is 1. The second-order valence-electron chi connectivity index (χ2n) is 3.59. The topological polar surface area (TPSA) is 88.0 Å². The molecule has 2 rings (SSSR count). The molecule has 0 aliphatic heterocycles. The summed E-state index contributed by atoms with van der Waals surface area (Å²) in [6.07, 6.45) is 1.54. The zero-order chi connectivity index (χ0) is 11.7. The van der Waals surface area contributed by atoms with Gasteiger partial charge >= 0.3 is 5.97 Å². The van der Waals surface area contributed by atoms with Crippen LogP contribution in [0.25, 0.3) is 11.0 Å². The van der Waals surface area contributed by atoms with Gasteiger partial charge in [-0.15, -0.1) is 0 Å². The van der Waals surface area contributed by atoms with Crippen molar-refractivity contribution in [1.82, 2.24) is 14.8 Å². The van der Waals surface area contributed by atoms with E-state index >= 15 is 0 Å². The number of fused-ring (bicyclic) bond motifs is 1. The van der Waals surface area contributed by atoms with E-state index in [-0.39, 0.29) is 18.5 Å². The average molecular weight is 221 g/mol. The second-order valence-corrected chi connectivity index (χ2v) is 3.59. The van der Waals surface area contributed by atoms with Crippen molar-refractivity contribution in [3.8, 4) is 0 Å². The van der Waals surface area contributed by atoms with Crippen LogP contribution in [0.15, 0.2) is 17.1 Å². The first kappa shape index (κ1) is 10.4. The summed E-state index contributed by atoms with van der Waals surface area (Å²) in [5, 5.41) is 16.0. The molecule has 2 heterocycles. The van der Waals surface area contributed by atoms with Gasteiger partial charge in [0.25, 0.3) is 5.56 Å². The number of rotatable bonds is 3. The number of H-pyrrole nitrogens is 1. The highest BCUT2D eigenvalue weighted by Crippen LogP contribution is 2.12. The third-order valence-electron chi connectivity index (χ3n) is 2.47. The molecule has 0 fully saturated rings. The van der Waals surface area contributed by atoms with Gasteiger partial charge in [0, 0.05) is 18.0 Å². The number of carboxylic acid groups (broad SMARTS) is 1. The van der Waals surface area contributed by atoms with Crippen molar-refractivity contribution in [2.24, 2.45) is 0 Å². The molecule has 6 nitrogen and oxygen atoms in total. The molecule has 0 saturated heterocycles. The van der Waals surface area contributed by atoms with Crippen LogP contribution in [0.1, 0.15) is 12.0 Å². The average Bonchev–Trinajstić information content (AvgIpc) is 2.65. The second kappa shape index (κ2) is 3.80. The molecule has 0 atom stereocenters. The van der Waals surface area contributed by atoms with E-state index in [9.17, 15) is 9.59 Å². The summed E-state index contributed by atoms with van der Waals surface area (Å²) in [6, 6.07) is 1.49. The van der Waals surface area contributed by atoms with E-state index in [2.05, 4.69) is 10.2 Å². The quantitative estimate of drug-likeness (QED) is 0.790. The van der Waals surface area contributed by atoms with Crippen LogP contribution in [-0.2, 0) is 11.3 Å². The van der Waals surface area contributed by atoms with Crippen molar-refractivity contribution in [2.45, 2.75) is 19.9 Å². The van der Waals surface area contributed by atoms with Crippen LogP contribution in [0, 0.1) is 6.92 Å². The summed E-state index contributed by atoms with van der Waals surface area (Å²) < 4.78 is 1.39. The Morgan fingerprint density at radius 1 is 1.62 bits per heavy atom. The molecule has 16 heavy (non-hydrogen) atoms. The molecule has 84 valence electrons. The lowest BCUT2D eigenvalue weighted by molar-refractivity contribution is -0.137. The van der Waals surface area contributed by atoms with E-state index in [0.29, 0.717) is 5.65 Å². The minimum Gasteiger partial charge on any atom is -0.481 e. The summed E-state index contributed by atoms with van der Waals surface area (Å²) >= 11 is 0. The number of aryl methyl sites for hydroxylation is 2. The van der Waals surface area contributed by atoms with Crippen molar-refractivity contribution >= 4 is 17.0 Å². The van der Waals surface area contributed by atoms with Crippen LogP contribution >= 0.6 is 0 Å². The molecular formula is C10H11N3O3. The highest BCUT2D eigenvalue weighted by atomic mass is 16.4. The number of aromatic nitrogens is 3. The molecule has 2 aromatic rings. The van der Waals surface area contributed by atoms with Crippen molar-refractivity contribution in [1.29, 1.82) is 0 Å². The van der Waals surface area contributed by atoms with Crippen LogP contribution in [-0.4, -0.2) is 25.8 Å². The molecule has 0 bridgehead atoms. The normalized spacial score (nSPS) is 10.8. The van der Waals surface area contributed by atoms with E-state index < -0.39 is 5.97 Å². The van der Waals surface area contributed by atoms with Gasteiger partial charge in [-0.05, 0) is 12.5 Å². The molecule has 0 aliphatic carbocycles. The molecule has 0 spiro atoms. The molecule has 0 aromatic carbocycles. The Morgan fingerprint density at radius 2 is 2.38 bits per heavy atom. The number of carbonyl (C=O) groups is 1. The maximum atomic E-state index is 11.7. The first-order valence-corrected chi connectivity index (χ1v) is 4.85. The Morgan fingerprint density at radius 3 is 3.06 bits per heavy atom. The van der Waals surface area contributed by atoms with Crippen molar-refractivity contribution in [3.63, 3.8) is 0 Å². The predicted molar refractivity (Wildman–Crippen MR) is 57.3 cm³/mol. The molecule has 0 amide bonds. The standard InChI is InChI=1S/C10H11N3O3/c1-6-4-8(14)13(3-2-9(15)16)10-7(6)5-11-12-10/h4-5H,2-3H2,1H3,(H,11,12)(H,15,16). The van der Waals surface area contributed by atoms with Crippen molar-refractivity contribution < 1.29 is 9.90 Å². The number of hydrogen-bond donors (Lipinski definition) is 2. The van der Waals surface area contributed by atoms with Gasteiger partial charge in [0.05, 0.1) is 12.6 Å². The highest BCUT2D eigenvalue weighted by molar-refractivity contribution is 5.78. The minimum absolute atomic E-state index is 0.0862. The molecule has 0 radical (unpaired) electrons. The van der Waals surface area contributed by atoms with Crippen LogP contribution < -0.4 is 5.56 Å². The van der Waals surface area contributed by atoms with E-state index in [1.165, 1.54) is 10.6 Å². The van der Waals surface area contributed by atoms with E-state index in [4.69, 9.17) is 5.11 Å². The van der Waals surface area contributed by atoms with Gasteiger partial charge in [-0.25, -0.2) is 0 Å². The molecular weight excluding hydrogens is 210 g/mol. The summed E-state index contributed by atoms with van der Waals surface area (Å²) in [6.45, 7) is 1.97. The smallest absolute Gasteiger partial charge is 0.305 e. The van der Waals surface area contributed by atoms with E-state index in [1.54, 1.807) is 6.20 Å². The van der Waals surface area contributed by atoms with Crippen LogP contribution in [0.3, 0.4) is 0 Å². The van der Waals surface area contributed by atoms with Crippen LogP contribution in [0.2, 0.25) is 0 Å². The number of nitrogens with zero attached hydrogens (tertiary/aromatic N) is 2. The number of nitrogens with one attached hydrogen (secondary N) is 1. The highest BCUT2D eigenvalue weighted by Gasteiger charge is 2.09. The number of pyridine rings is 1. The van der Waals surface area contributed by atoms with Gasteiger partial charge in [0.15, 0.2) is 0 Å². The monoisotopic (exact) mass is 221 g/mol. The Hall–Kier alpha value is -2.11. The van der Waals surface area contributed by atoms with Gasteiger partial charge in [-0.1, -0.05) is 0 Å². The van der Waals surface area contributed by atoms with Crippen LogP contribution in [0.4, 0.5) is 0 Å². The Balaban J connectivity index is 2.55. The molecule has 2 N–H and O–H groups in total. The Labute approximate surface area is 90.5 Å². The van der Waals surface area contributed by atoms with E-state index in [1.807, 2.05) is 6.92 Å². The fourth-order valence-corrected chi connectivity index (χ4v) is 1.65. The van der Waals surface area contributed by atoms with Crippen molar-refractivity contribution in [3.05, 3.63) is 28.2 Å². The van der Waals surface area contributed by atoms with Gasteiger partial charge < -0.3 is 5.11 Å². The van der Waals surface area contributed by atoms with Gasteiger partial charge in [-0.2, -0.15) is 5.10 Å². The Bertz CT molecular complexity index is 597. The zero-order valence-corrected chi connectivity index (χ0v) is 8.73. The fraction of sp³-hybridized carbons (Fsp3) is 0.300. The zero-order valence-electron chi connectivity index (χ0n) is 8.73. The first-order chi connectivity index (χ1) is 7.59. The maximum Gasteiger partial charge on any atom is 0.305 e. The fourth-order valence-electron chi connectivity index (χ4n) is 1.65. The lowest BCUT2D eigenvalue weighted by Gasteiger charge is -2.06. The summed E-state index contributed by atoms with van der Waals surface area (Å²) in [5.41, 5.74) is 1.20. The third-order valence-corrected chi connectivity index (χ3v) is 2.47. The molecule has 2 aromatic heterocycles. The van der Waals surface area contributed by atoms with E-state index in [0.717, 1.165) is 10.9 Å². The largest absolute Gasteiger partial charge is 0.481 e. The number of carboxylic acids is 1. The lowest BCUT2D eigenvalue weighted by Crippen LogP contribution is -2.21. The number of aliphatic carboxylic acids is 1. The van der Waals surface area contributed by atoms with Gasteiger partial charge in [0.1, 0.15) is 5.65 Å². The number of hydrogen-bond acceptors (Lipinski definition) is 3. The third kappa shape index (κ3) is 1.69. The minimum atomic E-state index is -0.930. The summed E-state index contributed by atoms with van der Waals surface area (Å²) in [5.74, 6) is -0.930. The molecule has 6 heteroatoms. The van der Waals surface area contributed by atoms with Crippen molar-refractivity contribution in [2.75, 3.05) is 0 Å². The molecule has 0 saturated carbocycles. The van der Waals surface area contributed by atoms with Gasteiger partial charge in [-0.3, -0.25) is 19.3 Å². The van der Waals surface area contributed by atoms with Crippen LogP contribution in [0.5, 0.6) is 0 Å². The SMILES string of the molecule is Cc1cc(=O)n(CCC(=O)O)c2[nH]ncc12. The first-order valence-electron chi connectivity index (χ1n) is 4.85. The van der Waals surface area contributed by atoms with Gasteiger partial charge in [0.2, 0.25) is 0 Å².